The molecule has 3 nitrogen and oxygen atoms in total. The summed E-state index contributed by atoms with van der Waals surface area (Å²) in [5.74, 6) is 1.65. The van der Waals surface area contributed by atoms with Crippen molar-refractivity contribution in [3.8, 4) is 5.75 Å². The molecule has 26 heavy (non-hydrogen) atoms. The Labute approximate surface area is 157 Å². The average molecular weight is 351 g/mol. The zero-order valence-corrected chi connectivity index (χ0v) is 16.2. The summed E-state index contributed by atoms with van der Waals surface area (Å²) < 4.78 is 6.27. The molecule has 0 aromatic heterocycles. The Hall–Kier alpha value is -2.00. The van der Waals surface area contributed by atoms with Crippen LogP contribution in [0.4, 0.5) is 5.69 Å². The first-order chi connectivity index (χ1) is 12.5. The largest absolute Gasteiger partial charge is 0.488 e. The van der Waals surface area contributed by atoms with Crippen LogP contribution in [0, 0.1) is 6.92 Å². The van der Waals surface area contributed by atoms with Gasteiger partial charge in [0.2, 0.25) is 0 Å². The van der Waals surface area contributed by atoms with E-state index in [1.54, 1.807) is 0 Å². The first-order valence-corrected chi connectivity index (χ1v) is 9.82. The van der Waals surface area contributed by atoms with Gasteiger partial charge in [0.25, 0.3) is 0 Å². The van der Waals surface area contributed by atoms with Gasteiger partial charge < -0.3 is 9.64 Å². The van der Waals surface area contributed by atoms with Gasteiger partial charge >= 0.3 is 0 Å². The van der Waals surface area contributed by atoms with E-state index in [4.69, 9.17) is 4.74 Å². The molecule has 1 fully saturated rings. The molecule has 1 unspecified atom stereocenters. The Kier molecular flexibility index (Phi) is 4.66. The minimum absolute atomic E-state index is 0.0860. The molecule has 0 N–H and O–H groups in total. The van der Waals surface area contributed by atoms with Crippen molar-refractivity contribution in [3.63, 3.8) is 0 Å². The number of piperazine rings is 1. The molecule has 0 saturated carbocycles. The Morgan fingerprint density at radius 2 is 1.73 bits per heavy atom. The number of benzene rings is 2. The summed E-state index contributed by atoms with van der Waals surface area (Å²) in [7, 11) is 0. The van der Waals surface area contributed by atoms with Crippen LogP contribution < -0.4 is 9.64 Å². The maximum Gasteiger partial charge on any atom is 0.123 e. The fourth-order valence-electron chi connectivity index (χ4n) is 4.41. The van der Waals surface area contributed by atoms with E-state index >= 15 is 0 Å². The van der Waals surface area contributed by atoms with E-state index in [-0.39, 0.29) is 5.60 Å². The van der Waals surface area contributed by atoms with Crippen molar-refractivity contribution in [1.82, 2.24) is 4.90 Å². The van der Waals surface area contributed by atoms with Crippen molar-refractivity contribution < 1.29 is 4.74 Å². The number of nitrogens with zero attached hydrogens (tertiary/aromatic N) is 2. The molecular formula is C23H30N2O. The summed E-state index contributed by atoms with van der Waals surface area (Å²) in [4.78, 5) is 5.14. The lowest BCUT2D eigenvalue weighted by Gasteiger charge is -2.42. The molecule has 4 rings (SSSR count). The molecule has 0 radical (unpaired) electrons. The van der Waals surface area contributed by atoms with Crippen LogP contribution in [0.15, 0.2) is 48.5 Å². The third-order valence-corrected chi connectivity index (χ3v) is 5.71. The van der Waals surface area contributed by atoms with Gasteiger partial charge in [-0.15, -0.1) is 0 Å². The normalized spacial score (nSPS) is 22.6. The molecule has 2 heterocycles. The zero-order valence-electron chi connectivity index (χ0n) is 16.2. The summed E-state index contributed by atoms with van der Waals surface area (Å²) in [6.07, 6.45) is 1.09. The minimum Gasteiger partial charge on any atom is -0.488 e. The lowest BCUT2D eigenvalue weighted by Crippen LogP contribution is -2.48. The number of anilines is 1. The maximum atomic E-state index is 6.27. The first kappa shape index (κ1) is 17.4. The number of aryl methyl sites for hydroxylation is 1. The molecule has 2 aromatic rings. The van der Waals surface area contributed by atoms with Crippen LogP contribution in [0.2, 0.25) is 0 Å². The number of hydrogen-bond donors (Lipinski definition) is 0. The fraction of sp³-hybridized carbons (Fsp3) is 0.478. The summed E-state index contributed by atoms with van der Waals surface area (Å²) in [5.41, 5.74) is 3.93. The molecule has 1 atom stereocenters. The van der Waals surface area contributed by atoms with Gasteiger partial charge in [-0.2, -0.15) is 0 Å². The van der Waals surface area contributed by atoms with E-state index in [0.717, 1.165) is 44.9 Å². The van der Waals surface area contributed by atoms with Gasteiger partial charge in [-0.1, -0.05) is 30.3 Å². The molecule has 3 heteroatoms. The van der Waals surface area contributed by atoms with Gasteiger partial charge in [0.15, 0.2) is 0 Å². The topological polar surface area (TPSA) is 15.7 Å². The average Bonchev–Trinajstić information content (AvgIpc) is 2.62. The van der Waals surface area contributed by atoms with Gasteiger partial charge in [-0.25, -0.2) is 0 Å². The van der Waals surface area contributed by atoms with Crippen LogP contribution in [-0.2, 0) is 0 Å². The van der Waals surface area contributed by atoms with E-state index in [9.17, 15) is 0 Å². The lowest BCUT2D eigenvalue weighted by atomic mass is 9.83. The third kappa shape index (κ3) is 3.73. The molecule has 2 aromatic carbocycles. The SMILES string of the molecule is Cc1ccc2c(c1)OC(C)(C)CC2CN1CCN(c2ccccc2)CC1. The second-order valence-electron chi connectivity index (χ2n) is 8.43. The van der Waals surface area contributed by atoms with Crippen molar-refractivity contribution in [2.75, 3.05) is 37.6 Å². The lowest BCUT2D eigenvalue weighted by molar-refractivity contribution is 0.0632. The van der Waals surface area contributed by atoms with Crippen molar-refractivity contribution >= 4 is 5.69 Å². The molecule has 0 bridgehead atoms. The second kappa shape index (κ2) is 6.96. The van der Waals surface area contributed by atoms with Crippen LogP contribution in [-0.4, -0.2) is 43.2 Å². The second-order valence-corrected chi connectivity index (χ2v) is 8.43. The summed E-state index contributed by atoms with van der Waals surface area (Å²) in [5, 5.41) is 0. The van der Waals surface area contributed by atoms with Crippen molar-refractivity contribution in [3.05, 3.63) is 59.7 Å². The monoisotopic (exact) mass is 350 g/mol. The number of hydrogen-bond acceptors (Lipinski definition) is 3. The Morgan fingerprint density at radius 3 is 2.46 bits per heavy atom. The Bertz CT molecular complexity index is 748. The van der Waals surface area contributed by atoms with Crippen LogP contribution >= 0.6 is 0 Å². The molecule has 0 spiro atoms. The number of para-hydroxylation sites is 1. The predicted molar refractivity (Wildman–Crippen MR) is 108 cm³/mol. The van der Waals surface area contributed by atoms with Gasteiger partial charge in [-0.05, 0) is 56.5 Å². The highest BCUT2D eigenvalue weighted by molar-refractivity contribution is 5.46. The number of rotatable bonds is 3. The highest BCUT2D eigenvalue weighted by Gasteiger charge is 2.35. The molecule has 1 saturated heterocycles. The Balaban J connectivity index is 1.43. The molecule has 0 amide bonds. The summed E-state index contributed by atoms with van der Waals surface area (Å²) in [6, 6.07) is 17.5. The predicted octanol–water partition coefficient (Wildman–Crippen LogP) is 4.46. The zero-order chi connectivity index (χ0) is 18.1. The highest BCUT2D eigenvalue weighted by Crippen LogP contribution is 2.41. The molecule has 2 aliphatic heterocycles. The van der Waals surface area contributed by atoms with Gasteiger partial charge in [-0.3, -0.25) is 4.90 Å². The molecule has 138 valence electrons. The number of fused-ring (bicyclic) bond motifs is 1. The summed E-state index contributed by atoms with van der Waals surface area (Å²) in [6.45, 7) is 12.2. The van der Waals surface area contributed by atoms with E-state index in [1.165, 1.54) is 16.8 Å². The van der Waals surface area contributed by atoms with Crippen molar-refractivity contribution in [2.24, 2.45) is 0 Å². The van der Waals surface area contributed by atoms with Crippen LogP contribution in [0.5, 0.6) is 5.75 Å². The quantitative estimate of drug-likeness (QED) is 0.813. The maximum absolute atomic E-state index is 6.27. The fourth-order valence-corrected chi connectivity index (χ4v) is 4.41. The standard InChI is InChI=1S/C23H30N2O/c1-18-9-10-21-19(16-23(2,3)26-22(21)15-18)17-24-11-13-25(14-12-24)20-7-5-4-6-8-20/h4-10,15,19H,11-14,16-17H2,1-3H3. The van der Waals surface area contributed by atoms with Gasteiger partial charge in [0, 0.05) is 44.3 Å². The highest BCUT2D eigenvalue weighted by atomic mass is 16.5. The van der Waals surface area contributed by atoms with Crippen LogP contribution in [0.1, 0.15) is 37.3 Å². The molecular weight excluding hydrogens is 320 g/mol. The van der Waals surface area contributed by atoms with E-state index in [2.05, 4.69) is 79.1 Å². The molecule has 2 aliphatic rings. The minimum atomic E-state index is -0.0860. The first-order valence-electron chi connectivity index (χ1n) is 9.82. The van der Waals surface area contributed by atoms with Crippen molar-refractivity contribution in [2.45, 2.75) is 38.7 Å². The smallest absolute Gasteiger partial charge is 0.123 e. The van der Waals surface area contributed by atoms with Gasteiger partial charge in [0.05, 0.1) is 0 Å². The van der Waals surface area contributed by atoms with Crippen molar-refractivity contribution in [1.29, 1.82) is 0 Å². The number of ether oxygens (including phenoxy) is 1. The van der Waals surface area contributed by atoms with E-state index in [1.807, 2.05) is 0 Å². The van der Waals surface area contributed by atoms with E-state index < -0.39 is 0 Å². The van der Waals surface area contributed by atoms with Crippen LogP contribution in [0.25, 0.3) is 0 Å². The van der Waals surface area contributed by atoms with Crippen LogP contribution in [0.3, 0.4) is 0 Å². The summed E-state index contributed by atoms with van der Waals surface area (Å²) >= 11 is 0. The molecule has 0 aliphatic carbocycles. The third-order valence-electron chi connectivity index (χ3n) is 5.71. The van der Waals surface area contributed by atoms with E-state index in [0.29, 0.717) is 5.92 Å². The van der Waals surface area contributed by atoms with Gasteiger partial charge in [0.1, 0.15) is 11.4 Å². The Morgan fingerprint density at radius 1 is 1.00 bits per heavy atom.